The molecule has 0 unspecified atom stereocenters. The van der Waals surface area contributed by atoms with Crippen molar-refractivity contribution < 1.29 is 19.4 Å². The van der Waals surface area contributed by atoms with E-state index in [1.807, 2.05) is 32.0 Å². The van der Waals surface area contributed by atoms with Gasteiger partial charge in [0.2, 0.25) is 0 Å². The van der Waals surface area contributed by atoms with E-state index in [9.17, 15) is 9.59 Å². The van der Waals surface area contributed by atoms with Gasteiger partial charge in [-0.2, -0.15) is 0 Å². The summed E-state index contributed by atoms with van der Waals surface area (Å²) in [5, 5.41) is 13.2. The molecule has 1 aromatic heterocycles. The van der Waals surface area contributed by atoms with Crippen LogP contribution in [0.15, 0.2) is 29.6 Å². The van der Waals surface area contributed by atoms with Gasteiger partial charge < -0.3 is 15.2 Å². The molecule has 21 heavy (non-hydrogen) atoms. The molecular formula is C15H15NO4S. The van der Waals surface area contributed by atoms with Gasteiger partial charge in [0.1, 0.15) is 10.6 Å². The van der Waals surface area contributed by atoms with Gasteiger partial charge in [-0.25, -0.2) is 4.79 Å². The van der Waals surface area contributed by atoms with Crippen LogP contribution in [0.25, 0.3) is 0 Å². The number of para-hydroxylation sites is 1. The Bertz CT molecular complexity index is 658. The minimum atomic E-state index is -1.00. The summed E-state index contributed by atoms with van der Waals surface area (Å²) in [5.74, 6) is -0.903. The van der Waals surface area contributed by atoms with Crippen molar-refractivity contribution in [1.29, 1.82) is 0 Å². The Hall–Kier alpha value is -2.34. The number of carbonyl (C=O) groups excluding carboxylic acids is 1. The Morgan fingerprint density at radius 2 is 1.95 bits per heavy atom. The minimum Gasteiger partial charge on any atom is -0.483 e. The van der Waals surface area contributed by atoms with Gasteiger partial charge in [-0.05, 0) is 25.0 Å². The SMILES string of the molecule is Cc1cccc(C)c1NC(=O)COc1csc(C(=O)O)c1. The van der Waals surface area contributed by atoms with Crippen molar-refractivity contribution in [3.8, 4) is 5.75 Å². The zero-order valence-electron chi connectivity index (χ0n) is 11.7. The van der Waals surface area contributed by atoms with Crippen LogP contribution in [0, 0.1) is 13.8 Å². The molecule has 1 amide bonds. The number of carboxylic acids is 1. The topological polar surface area (TPSA) is 75.6 Å². The molecule has 0 saturated heterocycles. The van der Waals surface area contributed by atoms with Gasteiger partial charge in [-0.15, -0.1) is 11.3 Å². The molecule has 1 aromatic carbocycles. The number of aromatic carboxylic acids is 1. The number of hydrogen-bond acceptors (Lipinski definition) is 4. The van der Waals surface area contributed by atoms with Gasteiger partial charge >= 0.3 is 5.97 Å². The highest BCUT2D eigenvalue weighted by atomic mass is 32.1. The second kappa shape index (κ2) is 6.41. The number of hydrogen-bond donors (Lipinski definition) is 2. The molecule has 0 bridgehead atoms. The first-order valence-corrected chi connectivity index (χ1v) is 7.16. The first-order valence-electron chi connectivity index (χ1n) is 6.28. The van der Waals surface area contributed by atoms with Crippen molar-refractivity contribution in [3.05, 3.63) is 45.6 Å². The molecule has 5 nitrogen and oxygen atoms in total. The van der Waals surface area contributed by atoms with E-state index in [0.717, 1.165) is 28.2 Å². The van der Waals surface area contributed by atoms with Crippen LogP contribution in [0.1, 0.15) is 20.8 Å². The number of nitrogens with one attached hydrogen (secondary N) is 1. The van der Waals surface area contributed by atoms with Gasteiger partial charge in [-0.1, -0.05) is 18.2 Å². The Labute approximate surface area is 126 Å². The molecule has 2 N–H and O–H groups in total. The smallest absolute Gasteiger partial charge is 0.346 e. The summed E-state index contributed by atoms with van der Waals surface area (Å²) in [6.45, 7) is 3.67. The molecular weight excluding hydrogens is 290 g/mol. The largest absolute Gasteiger partial charge is 0.483 e. The normalized spacial score (nSPS) is 10.2. The van der Waals surface area contributed by atoms with Gasteiger partial charge in [-0.3, -0.25) is 4.79 Å². The van der Waals surface area contributed by atoms with Gasteiger partial charge in [0.15, 0.2) is 6.61 Å². The van der Waals surface area contributed by atoms with Crippen molar-refractivity contribution in [2.75, 3.05) is 11.9 Å². The van der Waals surface area contributed by atoms with Crippen LogP contribution in [0.2, 0.25) is 0 Å². The second-order valence-corrected chi connectivity index (χ2v) is 5.47. The predicted octanol–water partition coefficient (Wildman–Crippen LogP) is 3.08. The number of rotatable bonds is 5. The van der Waals surface area contributed by atoms with E-state index in [2.05, 4.69) is 5.32 Å². The van der Waals surface area contributed by atoms with E-state index >= 15 is 0 Å². The lowest BCUT2D eigenvalue weighted by atomic mass is 10.1. The standard InChI is InChI=1S/C15H15NO4S/c1-9-4-3-5-10(2)14(9)16-13(17)7-20-11-6-12(15(18)19)21-8-11/h3-6,8H,7H2,1-2H3,(H,16,17)(H,18,19). The molecule has 0 spiro atoms. The third kappa shape index (κ3) is 3.82. The number of benzene rings is 1. The number of ether oxygens (including phenoxy) is 1. The summed E-state index contributed by atoms with van der Waals surface area (Å²) < 4.78 is 5.29. The first kappa shape index (κ1) is 15.1. The lowest BCUT2D eigenvalue weighted by Gasteiger charge is -2.11. The van der Waals surface area contributed by atoms with E-state index < -0.39 is 5.97 Å². The van der Waals surface area contributed by atoms with Crippen molar-refractivity contribution in [1.82, 2.24) is 0 Å². The predicted molar refractivity (Wildman–Crippen MR) is 81.3 cm³/mol. The monoisotopic (exact) mass is 305 g/mol. The summed E-state index contributed by atoms with van der Waals surface area (Å²) in [5.41, 5.74) is 2.74. The number of aryl methyl sites for hydroxylation is 2. The van der Waals surface area contributed by atoms with Crippen LogP contribution in [-0.4, -0.2) is 23.6 Å². The molecule has 0 radical (unpaired) electrons. The zero-order valence-corrected chi connectivity index (χ0v) is 12.5. The summed E-state index contributed by atoms with van der Waals surface area (Å²) in [4.78, 5) is 22.8. The number of carboxylic acid groups (broad SMARTS) is 1. The molecule has 1 heterocycles. The third-order valence-electron chi connectivity index (χ3n) is 2.90. The molecule has 6 heteroatoms. The van der Waals surface area contributed by atoms with Crippen LogP contribution < -0.4 is 10.1 Å². The molecule has 2 rings (SSSR count). The molecule has 110 valence electrons. The summed E-state index contributed by atoms with van der Waals surface area (Å²) in [6, 6.07) is 7.16. The van der Waals surface area contributed by atoms with Crippen LogP contribution in [0.4, 0.5) is 5.69 Å². The third-order valence-corrected chi connectivity index (χ3v) is 3.80. The molecule has 0 atom stereocenters. The Morgan fingerprint density at radius 3 is 2.52 bits per heavy atom. The van der Waals surface area contributed by atoms with Crippen molar-refractivity contribution in [2.24, 2.45) is 0 Å². The molecule has 0 aliphatic heterocycles. The highest BCUT2D eigenvalue weighted by Crippen LogP contribution is 2.22. The number of carbonyl (C=O) groups is 2. The van der Waals surface area contributed by atoms with E-state index in [0.29, 0.717) is 5.75 Å². The summed E-state index contributed by atoms with van der Waals surface area (Å²) >= 11 is 1.06. The van der Waals surface area contributed by atoms with E-state index in [1.54, 1.807) is 5.38 Å². The fraction of sp³-hybridized carbons (Fsp3) is 0.200. The highest BCUT2D eigenvalue weighted by Gasteiger charge is 2.10. The lowest BCUT2D eigenvalue weighted by Crippen LogP contribution is -2.21. The summed E-state index contributed by atoms with van der Waals surface area (Å²) in [7, 11) is 0. The maximum Gasteiger partial charge on any atom is 0.346 e. The summed E-state index contributed by atoms with van der Waals surface area (Å²) in [6.07, 6.45) is 0. The molecule has 0 aliphatic rings. The van der Waals surface area contributed by atoms with Gasteiger partial charge in [0.05, 0.1) is 0 Å². The Kier molecular flexibility index (Phi) is 4.59. The highest BCUT2D eigenvalue weighted by molar-refractivity contribution is 7.12. The maximum atomic E-state index is 11.9. The number of anilines is 1. The van der Waals surface area contributed by atoms with Crippen molar-refractivity contribution in [2.45, 2.75) is 13.8 Å². The average Bonchev–Trinajstić information content (AvgIpc) is 2.90. The van der Waals surface area contributed by atoms with E-state index in [1.165, 1.54) is 6.07 Å². The van der Waals surface area contributed by atoms with Crippen LogP contribution >= 0.6 is 11.3 Å². The maximum absolute atomic E-state index is 11.9. The lowest BCUT2D eigenvalue weighted by molar-refractivity contribution is -0.118. The van der Waals surface area contributed by atoms with Crippen molar-refractivity contribution in [3.63, 3.8) is 0 Å². The van der Waals surface area contributed by atoms with Crippen LogP contribution in [0.5, 0.6) is 5.75 Å². The number of amides is 1. The Morgan fingerprint density at radius 1 is 1.29 bits per heavy atom. The quantitative estimate of drug-likeness (QED) is 0.890. The number of thiophene rings is 1. The van der Waals surface area contributed by atoms with E-state index in [4.69, 9.17) is 9.84 Å². The zero-order chi connectivity index (χ0) is 15.4. The van der Waals surface area contributed by atoms with Crippen molar-refractivity contribution >= 4 is 28.9 Å². The molecule has 0 aliphatic carbocycles. The Balaban J connectivity index is 1.94. The molecule has 2 aromatic rings. The second-order valence-electron chi connectivity index (χ2n) is 4.56. The minimum absolute atomic E-state index is 0.163. The van der Waals surface area contributed by atoms with Crippen LogP contribution in [0.3, 0.4) is 0 Å². The van der Waals surface area contributed by atoms with E-state index in [-0.39, 0.29) is 17.4 Å². The molecule has 0 fully saturated rings. The fourth-order valence-electron chi connectivity index (χ4n) is 1.84. The van der Waals surface area contributed by atoms with Gasteiger partial charge in [0.25, 0.3) is 5.91 Å². The van der Waals surface area contributed by atoms with Gasteiger partial charge in [0, 0.05) is 17.1 Å². The molecule has 0 saturated carbocycles. The first-order chi connectivity index (χ1) is 9.97. The fourth-order valence-corrected chi connectivity index (χ4v) is 2.51. The average molecular weight is 305 g/mol. The van der Waals surface area contributed by atoms with Crippen LogP contribution in [-0.2, 0) is 4.79 Å².